The molecule has 1 aliphatic rings. The van der Waals surface area contributed by atoms with E-state index in [9.17, 15) is 4.79 Å². The summed E-state index contributed by atoms with van der Waals surface area (Å²) < 4.78 is 99.7. The SMILES string of the molecule is [2H]c1[nH]c2ccc(C([2H])([2H])[C@@]3([2H])COC(=O)N3)cc2c1C([2H])([2H])CN(C([2H])([2H])[2H])C([2H])([2H])[2H]. The molecule has 2 heterocycles. The number of hydrogen-bond acceptors (Lipinski definition) is 3. The van der Waals surface area contributed by atoms with Crippen LogP contribution in [0.25, 0.3) is 10.9 Å². The Kier molecular flexibility index (Phi) is 1.55. The first-order valence-electron chi connectivity index (χ1n) is 12.2. The summed E-state index contributed by atoms with van der Waals surface area (Å²) >= 11 is 0. The first-order chi connectivity index (χ1) is 14.8. The second-order valence-corrected chi connectivity index (χ2v) is 4.45. The molecular formula is C16H21N3O2. The topological polar surface area (TPSA) is 57.4 Å². The Bertz CT molecular complexity index is 1060. The number of fused-ring (bicyclic) bond motifs is 1. The number of cyclic esters (lactones) is 1. The number of rotatable bonds is 5. The van der Waals surface area contributed by atoms with Gasteiger partial charge in [0.05, 0.1) is 8.76 Å². The number of carbonyl (C=O) groups is 1. The standard InChI is InChI=1S/C16H21N3O2/c1-19(2)6-5-12-9-17-15-4-3-11(8-14(12)15)7-13-10-21-16(20)18-13/h3-4,8-9,13,17H,5-7,10H2,1-2H3,(H,18,20)/t13-/m0/s1/i1D3,2D3,5D2,7D2,9D,13D. The van der Waals surface area contributed by atoms with Crippen LogP contribution in [0, 0.1) is 0 Å². The van der Waals surface area contributed by atoms with Gasteiger partial charge in [-0.05, 0) is 50.0 Å². The van der Waals surface area contributed by atoms with Crippen molar-refractivity contribution in [1.82, 2.24) is 15.2 Å². The van der Waals surface area contributed by atoms with Crippen molar-refractivity contribution >= 4 is 17.0 Å². The first-order valence-corrected chi connectivity index (χ1v) is 6.16. The highest BCUT2D eigenvalue weighted by Gasteiger charge is 2.22. The minimum absolute atomic E-state index is 0.0104. The van der Waals surface area contributed by atoms with E-state index in [0.29, 0.717) is 0 Å². The van der Waals surface area contributed by atoms with E-state index in [-0.39, 0.29) is 26.9 Å². The molecule has 0 radical (unpaired) electrons. The molecule has 1 amide bonds. The van der Waals surface area contributed by atoms with E-state index in [0.717, 1.165) is 0 Å². The number of aromatic nitrogens is 1. The number of benzene rings is 1. The van der Waals surface area contributed by atoms with Crippen molar-refractivity contribution in [3.8, 4) is 0 Å². The maximum absolute atomic E-state index is 11.4. The van der Waals surface area contributed by atoms with Crippen LogP contribution in [0.2, 0.25) is 0 Å². The number of carbonyl (C=O) groups excluding carboxylic acids is 1. The van der Waals surface area contributed by atoms with Gasteiger partial charge in [0.2, 0.25) is 0 Å². The van der Waals surface area contributed by atoms with E-state index < -0.39 is 58.1 Å². The fourth-order valence-electron chi connectivity index (χ4n) is 2.01. The van der Waals surface area contributed by atoms with Crippen molar-refractivity contribution in [2.75, 3.05) is 27.1 Å². The lowest BCUT2D eigenvalue weighted by molar-refractivity contribution is 0.177. The van der Waals surface area contributed by atoms with Crippen LogP contribution in [-0.4, -0.2) is 49.1 Å². The van der Waals surface area contributed by atoms with Crippen molar-refractivity contribution in [3.63, 3.8) is 0 Å². The highest BCUT2D eigenvalue weighted by atomic mass is 16.6. The molecule has 112 valence electrons. The summed E-state index contributed by atoms with van der Waals surface area (Å²) in [5, 5.41) is 2.12. The van der Waals surface area contributed by atoms with Crippen molar-refractivity contribution in [1.29, 1.82) is 0 Å². The third-order valence-electron chi connectivity index (χ3n) is 2.92. The molecule has 0 bridgehead atoms. The van der Waals surface area contributed by atoms with Crippen LogP contribution in [0.1, 0.15) is 27.6 Å². The van der Waals surface area contributed by atoms with E-state index >= 15 is 0 Å². The number of aromatic amines is 1. The Morgan fingerprint density at radius 1 is 1.62 bits per heavy atom. The van der Waals surface area contributed by atoms with Gasteiger partial charge < -0.3 is 19.9 Å². The van der Waals surface area contributed by atoms with Gasteiger partial charge in [-0.2, -0.15) is 0 Å². The molecule has 21 heavy (non-hydrogen) atoms. The molecule has 1 fully saturated rings. The second-order valence-electron chi connectivity index (χ2n) is 4.45. The van der Waals surface area contributed by atoms with Gasteiger partial charge in [0, 0.05) is 37.3 Å². The number of amides is 1. The molecule has 5 nitrogen and oxygen atoms in total. The van der Waals surface area contributed by atoms with Crippen molar-refractivity contribution in [2.24, 2.45) is 0 Å². The van der Waals surface area contributed by atoms with E-state index in [1.54, 1.807) is 0 Å². The lowest BCUT2D eigenvalue weighted by Crippen LogP contribution is -2.28. The van der Waals surface area contributed by atoms with Gasteiger partial charge in [-0.3, -0.25) is 0 Å². The normalized spacial score (nSPS) is 32.7. The molecule has 1 saturated heterocycles. The van der Waals surface area contributed by atoms with Crippen molar-refractivity contribution in [2.45, 2.75) is 18.8 Å². The molecule has 0 unspecified atom stereocenters. The van der Waals surface area contributed by atoms with Crippen molar-refractivity contribution < 1.29 is 26.0 Å². The van der Waals surface area contributed by atoms with E-state index in [1.165, 1.54) is 18.2 Å². The zero-order valence-electron chi connectivity index (χ0n) is 22.9. The Morgan fingerprint density at radius 2 is 2.52 bits per heavy atom. The van der Waals surface area contributed by atoms with Gasteiger partial charge in [0.15, 0.2) is 0 Å². The third kappa shape index (κ3) is 3.19. The Morgan fingerprint density at radius 3 is 3.29 bits per heavy atom. The summed E-state index contributed by atoms with van der Waals surface area (Å²) in [6.07, 6.45) is -6.55. The molecule has 1 aromatic carbocycles. The van der Waals surface area contributed by atoms with Gasteiger partial charge in [-0.25, -0.2) is 4.79 Å². The molecule has 0 aliphatic carbocycles. The van der Waals surface area contributed by atoms with Gasteiger partial charge >= 0.3 is 6.09 Å². The maximum Gasteiger partial charge on any atom is 0.407 e. The van der Waals surface area contributed by atoms with Crippen LogP contribution in [0.5, 0.6) is 0 Å². The fourth-order valence-corrected chi connectivity index (χ4v) is 2.01. The molecule has 1 aliphatic heterocycles. The molecule has 3 rings (SSSR count). The number of H-pyrrole nitrogens is 1. The minimum atomic E-state index is -3.14. The molecule has 5 heteroatoms. The Balaban J connectivity index is 2.11. The number of alkyl carbamates (subject to hydrolysis) is 1. The van der Waals surface area contributed by atoms with E-state index in [2.05, 4.69) is 15.0 Å². The molecule has 1 atom stereocenters. The summed E-state index contributed by atoms with van der Waals surface area (Å²) in [7, 11) is 0. The summed E-state index contributed by atoms with van der Waals surface area (Å²) in [6, 6.07) is 1.67. The summed E-state index contributed by atoms with van der Waals surface area (Å²) in [4.78, 5) is 14.1. The molecule has 0 saturated carbocycles. The highest BCUT2D eigenvalue weighted by molar-refractivity contribution is 5.84. The van der Waals surface area contributed by atoms with Crippen LogP contribution < -0.4 is 5.32 Å². The number of ether oxygens (including phenoxy) is 1. The summed E-state index contributed by atoms with van der Waals surface area (Å²) in [6.45, 7) is -7.96. The van der Waals surface area contributed by atoms with Crippen LogP contribution in [0.15, 0.2) is 24.4 Å². The second kappa shape index (κ2) is 5.77. The average Bonchev–Trinajstić information content (AvgIpc) is 3.16. The first kappa shape index (κ1) is 5.65. The predicted octanol–water partition coefficient (Wildman–Crippen LogP) is 1.92. The molecule has 2 aromatic rings. The predicted molar refractivity (Wildman–Crippen MR) is 82.5 cm³/mol. The summed E-state index contributed by atoms with van der Waals surface area (Å²) in [5.41, 5.74) is -0.270. The molecular weight excluding hydrogens is 266 g/mol. The van der Waals surface area contributed by atoms with Gasteiger partial charge in [0.25, 0.3) is 0 Å². The highest BCUT2D eigenvalue weighted by Crippen LogP contribution is 2.21. The monoisotopic (exact) mass is 299 g/mol. The molecule has 1 aromatic heterocycles. The van der Waals surface area contributed by atoms with Crippen molar-refractivity contribution in [3.05, 3.63) is 35.5 Å². The third-order valence-corrected chi connectivity index (χ3v) is 2.92. The van der Waals surface area contributed by atoms with Gasteiger partial charge in [-0.15, -0.1) is 0 Å². The smallest absolute Gasteiger partial charge is 0.407 e. The average molecular weight is 299 g/mol. The van der Waals surface area contributed by atoms with Gasteiger partial charge in [0.1, 0.15) is 6.61 Å². The number of nitrogens with zero attached hydrogens (tertiary/aromatic N) is 1. The lowest BCUT2D eigenvalue weighted by Gasteiger charge is -2.09. The molecule has 2 N–H and O–H groups in total. The van der Waals surface area contributed by atoms with E-state index in [4.69, 9.17) is 16.4 Å². The van der Waals surface area contributed by atoms with Gasteiger partial charge in [-0.1, -0.05) is 6.07 Å². The Labute approximate surface area is 141 Å². The lowest BCUT2D eigenvalue weighted by atomic mass is 10.0. The number of nitrogens with one attached hydrogen (secondary N) is 2. The largest absolute Gasteiger partial charge is 0.447 e. The summed E-state index contributed by atoms with van der Waals surface area (Å²) in [5.74, 6) is 0. The van der Waals surface area contributed by atoms with Crippen LogP contribution in [0.4, 0.5) is 4.79 Å². The number of likely N-dealkylation sites (N-methyl/N-ethyl adjacent to an activating group) is 1. The van der Waals surface area contributed by atoms with E-state index in [1.807, 2.05) is 0 Å². The zero-order valence-corrected chi connectivity index (χ0v) is 10.9. The van der Waals surface area contributed by atoms with Crippen LogP contribution in [0.3, 0.4) is 0 Å². The minimum Gasteiger partial charge on any atom is -0.447 e. The maximum atomic E-state index is 11.4. The molecule has 0 spiro atoms. The quantitative estimate of drug-likeness (QED) is 0.887. The van der Waals surface area contributed by atoms with Crippen LogP contribution in [-0.2, 0) is 17.5 Å². The Hall–Kier alpha value is -2.01. The number of hydrogen-bond donors (Lipinski definition) is 2. The fraction of sp³-hybridized carbons (Fsp3) is 0.438. The van der Waals surface area contributed by atoms with Crippen LogP contribution >= 0.6 is 0 Å². The zero-order chi connectivity index (χ0) is 25.2.